The van der Waals surface area contributed by atoms with E-state index in [1.54, 1.807) is 0 Å². The van der Waals surface area contributed by atoms with Crippen LogP contribution in [0.5, 0.6) is 0 Å². The summed E-state index contributed by atoms with van der Waals surface area (Å²) in [6.45, 7) is 0.982. The highest BCUT2D eigenvalue weighted by Crippen LogP contribution is 2.18. The molecule has 1 unspecified atom stereocenters. The van der Waals surface area contributed by atoms with Gasteiger partial charge in [-0.1, -0.05) is 0 Å². The average Bonchev–Trinajstić information content (AvgIpc) is 2.73. The lowest BCUT2D eigenvalue weighted by molar-refractivity contribution is -0.148. The molecule has 2 atom stereocenters. The van der Waals surface area contributed by atoms with E-state index in [1.165, 1.54) is 4.90 Å². The first-order valence-corrected chi connectivity index (χ1v) is 5.57. The Kier molecular flexibility index (Phi) is 4.70. The number of hydrogen-bond acceptors (Lipinski definition) is 4. The van der Waals surface area contributed by atoms with Gasteiger partial charge in [-0.2, -0.15) is 0 Å². The SMILES string of the molecule is NCCCC(N)C(=O)N1CCC[C@@H]1C(=O)O. The summed E-state index contributed by atoms with van der Waals surface area (Å²) < 4.78 is 0. The van der Waals surface area contributed by atoms with Crippen molar-refractivity contribution in [3.8, 4) is 0 Å². The smallest absolute Gasteiger partial charge is 0.326 e. The molecule has 1 amide bonds. The van der Waals surface area contributed by atoms with Crippen LogP contribution in [0.25, 0.3) is 0 Å². The van der Waals surface area contributed by atoms with Crippen molar-refractivity contribution >= 4 is 11.9 Å². The Morgan fingerprint density at radius 3 is 2.75 bits per heavy atom. The topological polar surface area (TPSA) is 110 Å². The minimum absolute atomic E-state index is 0.265. The van der Waals surface area contributed by atoms with Crippen LogP contribution < -0.4 is 11.5 Å². The number of nitrogens with two attached hydrogens (primary N) is 2. The lowest BCUT2D eigenvalue weighted by Crippen LogP contribution is -2.48. The fraction of sp³-hybridized carbons (Fsp3) is 0.800. The molecule has 6 heteroatoms. The molecule has 1 aliphatic rings. The number of carbonyl (C=O) groups is 2. The third-order valence-electron chi connectivity index (χ3n) is 2.86. The number of carboxylic acids is 1. The monoisotopic (exact) mass is 229 g/mol. The van der Waals surface area contributed by atoms with Crippen LogP contribution in [0.1, 0.15) is 25.7 Å². The van der Waals surface area contributed by atoms with Crippen molar-refractivity contribution in [2.75, 3.05) is 13.1 Å². The molecule has 0 radical (unpaired) electrons. The second-order valence-electron chi connectivity index (χ2n) is 4.07. The van der Waals surface area contributed by atoms with Gasteiger partial charge in [-0.25, -0.2) is 4.79 Å². The van der Waals surface area contributed by atoms with Crippen LogP contribution in [-0.4, -0.2) is 47.1 Å². The quantitative estimate of drug-likeness (QED) is 0.567. The van der Waals surface area contributed by atoms with Gasteiger partial charge in [0.2, 0.25) is 5.91 Å². The molecule has 5 N–H and O–H groups in total. The van der Waals surface area contributed by atoms with Gasteiger partial charge in [-0.15, -0.1) is 0 Å². The van der Waals surface area contributed by atoms with Crippen molar-refractivity contribution in [1.29, 1.82) is 0 Å². The first-order chi connectivity index (χ1) is 7.57. The molecule has 1 saturated heterocycles. The number of aliphatic carboxylic acids is 1. The molecule has 92 valence electrons. The van der Waals surface area contributed by atoms with Gasteiger partial charge in [-0.05, 0) is 32.2 Å². The molecule has 0 aliphatic carbocycles. The summed E-state index contributed by atoms with van der Waals surface area (Å²) in [7, 11) is 0. The lowest BCUT2D eigenvalue weighted by atomic mass is 10.1. The number of rotatable bonds is 5. The summed E-state index contributed by atoms with van der Waals surface area (Å²) in [5.74, 6) is -1.21. The Balaban J connectivity index is 2.55. The van der Waals surface area contributed by atoms with Crippen LogP contribution in [-0.2, 0) is 9.59 Å². The van der Waals surface area contributed by atoms with E-state index in [0.29, 0.717) is 32.4 Å². The second kappa shape index (κ2) is 5.81. The van der Waals surface area contributed by atoms with Crippen molar-refractivity contribution in [2.24, 2.45) is 11.5 Å². The Bertz CT molecular complexity index is 270. The lowest BCUT2D eigenvalue weighted by Gasteiger charge is -2.24. The number of hydrogen-bond donors (Lipinski definition) is 3. The van der Waals surface area contributed by atoms with Crippen molar-refractivity contribution in [3.05, 3.63) is 0 Å². The highest BCUT2D eigenvalue weighted by molar-refractivity contribution is 5.87. The number of amides is 1. The molecule has 1 aliphatic heterocycles. The van der Waals surface area contributed by atoms with Crippen LogP contribution in [0.3, 0.4) is 0 Å². The standard InChI is InChI=1S/C10H19N3O3/c11-5-1-3-7(12)9(14)13-6-2-4-8(13)10(15)16/h7-8H,1-6,11-12H2,(H,15,16)/t7?,8-/m1/s1. The minimum Gasteiger partial charge on any atom is -0.480 e. The maximum Gasteiger partial charge on any atom is 0.326 e. The van der Waals surface area contributed by atoms with E-state index in [2.05, 4.69) is 0 Å². The zero-order chi connectivity index (χ0) is 12.1. The van der Waals surface area contributed by atoms with E-state index >= 15 is 0 Å². The zero-order valence-electron chi connectivity index (χ0n) is 9.26. The van der Waals surface area contributed by atoms with Crippen molar-refractivity contribution < 1.29 is 14.7 Å². The predicted octanol–water partition coefficient (Wildman–Crippen LogP) is -0.872. The van der Waals surface area contributed by atoms with Crippen LogP contribution in [0.2, 0.25) is 0 Å². The summed E-state index contributed by atoms with van der Waals surface area (Å²) in [4.78, 5) is 24.1. The highest BCUT2D eigenvalue weighted by Gasteiger charge is 2.35. The van der Waals surface area contributed by atoms with Gasteiger partial charge < -0.3 is 21.5 Å². The Hall–Kier alpha value is -1.14. The van der Waals surface area contributed by atoms with E-state index in [-0.39, 0.29) is 5.91 Å². The van der Waals surface area contributed by atoms with E-state index in [9.17, 15) is 9.59 Å². The van der Waals surface area contributed by atoms with Gasteiger partial charge in [0, 0.05) is 6.54 Å². The summed E-state index contributed by atoms with van der Waals surface area (Å²) in [6, 6.07) is -1.32. The molecule has 0 spiro atoms. The molecular weight excluding hydrogens is 210 g/mol. The summed E-state index contributed by atoms with van der Waals surface area (Å²) in [6.07, 6.45) is 2.44. The van der Waals surface area contributed by atoms with Crippen LogP contribution in [0.4, 0.5) is 0 Å². The first-order valence-electron chi connectivity index (χ1n) is 5.57. The summed E-state index contributed by atoms with van der Waals surface area (Å²) >= 11 is 0. The fourth-order valence-corrected chi connectivity index (χ4v) is 1.96. The van der Waals surface area contributed by atoms with Gasteiger partial charge in [0.1, 0.15) is 6.04 Å². The van der Waals surface area contributed by atoms with E-state index < -0.39 is 18.1 Å². The third-order valence-corrected chi connectivity index (χ3v) is 2.86. The molecular formula is C10H19N3O3. The molecule has 0 aromatic carbocycles. The van der Waals surface area contributed by atoms with Gasteiger partial charge in [0.05, 0.1) is 6.04 Å². The van der Waals surface area contributed by atoms with Gasteiger partial charge in [0.25, 0.3) is 0 Å². The largest absolute Gasteiger partial charge is 0.480 e. The molecule has 0 saturated carbocycles. The number of carbonyl (C=O) groups excluding carboxylic acids is 1. The summed E-state index contributed by atoms with van der Waals surface area (Å²) in [5, 5.41) is 8.94. The normalized spacial score (nSPS) is 22.1. The van der Waals surface area contributed by atoms with Crippen molar-refractivity contribution in [2.45, 2.75) is 37.8 Å². The van der Waals surface area contributed by atoms with Crippen LogP contribution in [0.15, 0.2) is 0 Å². The number of likely N-dealkylation sites (tertiary alicyclic amines) is 1. The summed E-state index contributed by atoms with van der Waals surface area (Å²) in [5.41, 5.74) is 11.0. The highest BCUT2D eigenvalue weighted by atomic mass is 16.4. The van der Waals surface area contributed by atoms with Gasteiger partial charge in [0.15, 0.2) is 0 Å². The second-order valence-corrected chi connectivity index (χ2v) is 4.07. The van der Waals surface area contributed by atoms with E-state index in [0.717, 1.165) is 6.42 Å². The molecule has 6 nitrogen and oxygen atoms in total. The minimum atomic E-state index is -0.947. The maximum atomic E-state index is 11.9. The Morgan fingerprint density at radius 1 is 1.50 bits per heavy atom. The van der Waals surface area contributed by atoms with Gasteiger partial charge >= 0.3 is 5.97 Å². The van der Waals surface area contributed by atoms with Crippen molar-refractivity contribution in [1.82, 2.24) is 4.90 Å². The number of nitrogens with zero attached hydrogens (tertiary/aromatic N) is 1. The third kappa shape index (κ3) is 2.93. The van der Waals surface area contributed by atoms with Crippen LogP contribution >= 0.6 is 0 Å². The zero-order valence-corrected chi connectivity index (χ0v) is 9.26. The Morgan fingerprint density at radius 2 is 2.19 bits per heavy atom. The average molecular weight is 229 g/mol. The number of carboxylic acid groups (broad SMARTS) is 1. The molecule has 1 fully saturated rings. The first kappa shape index (κ1) is 12.9. The maximum absolute atomic E-state index is 11.9. The van der Waals surface area contributed by atoms with E-state index in [1.807, 2.05) is 0 Å². The molecule has 0 bridgehead atoms. The van der Waals surface area contributed by atoms with Gasteiger partial charge in [-0.3, -0.25) is 4.79 Å². The van der Waals surface area contributed by atoms with E-state index in [4.69, 9.17) is 16.6 Å². The Labute approximate surface area is 94.6 Å². The predicted molar refractivity (Wildman–Crippen MR) is 58.6 cm³/mol. The molecule has 0 aromatic rings. The van der Waals surface area contributed by atoms with Crippen molar-refractivity contribution in [3.63, 3.8) is 0 Å². The molecule has 0 aromatic heterocycles. The molecule has 1 rings (SSSR count). The fourth-order valence-electron chi connectivity index (χ4n) is 1.96. The molecule has 16 heavy (non-hydrogen) atoms. The molecule has 1 heterocycles. The van der Waals surface area contributed by atoms with Crippen LogP contribution in [0, 0.1) is 0 Å².